The first-order valence-electron chi connectivity index (χ1n) is 4.52. The molecule has 0 spiro atoms. The molecule has 0 aliphatic rings. The van der Waals surface area contributed by atoms with E-state index in [4.69, 9.17) is 4.74 Å². The Kier molecular flexibility index (Phi) is 3.77. The molecule has 0 unspecified atom stereocenters. The molecule has 0 rings (SSSR count). The molecule has 0 aromatic heterocycles. The lowest BCUT2D eigenvalue weighted by Crippen LogP contribution is -2.31. The van der Waals surface area contributed by atoms with Crippen molar-refractivity contribution >= 4 is 13.8 Å². The Bertz CT molecular complexity index is 201. The second-order valence-electron chi connectivity index (χ2n) is 5.12. The van der Waals surface area contributed by atoms with Gasteiger partial charge in [-0.25, -0.2) is 4.79 Å². The molecule has 0 fully saturated rings. The lowest BCUT2D eigenvalue weighted by molar-refractivity contribution is -0.151. The van der Waals surface area contributed by atoms with Crippen LogP contribution in [0.1, 0.15) is 34.1 Å². The van der Waals surface area contributed by atoms with E-state index in [1.807, 2.05) is 13.8 Å². The number of rotatable bonds is 4. The minimum atomic E-state index is -0.413. The van der Waals surface area contributed by atoms with E-state index >= 15 is 0 Å². The van der Waals surface area contributed by atoms with Gasteiger partial charge >= 0.3 is 5.97 Å². The van der Waals surface area contributed by atoms with Crippen molar-refractivity contribution in [3.05, 3.63) is 12.7 Å². The van der Waals surface area contributed by atoms with Crippen molar-refractivity contribution in [2.24, 2.45) is 0 Å². The van der Waals surface area contributed by atoms with Crippen molar-refractivity contribution in [3.63, 3.8) is 0 Å². The smallest absolute Gasteiger partial charge is 0.330 e. The molecule has 0 radical (unpaired) electrons. The van der Waals surface area contributed by atoms with Gasteiger partial charge in [0.25, 0.3) is 0 Å². The van der Waals surface area contributed by atoms with E-state index in [9.17, 15) is 4.79 Å². The van der Waals surface area contributed by atoms with E-state index in [1.165, 1.54) is 6.08 Å². The molecule has 0 N–H and O–H groups in total. The zero-order valence-corrected chi connectivity index (χ0v) is 9.31. The molecule has 0 aliphatic heterocycles. The van der Waals surface area contributed by atoms with E-state index in [2.05, 4.69) is 28.3 Å². The van der Waals surface area contributed by atoms with E-state index < -0.39 is 5.60 Å². The Labute approximate surface area is 81.8 Å². The fraction of sp³-hybridized carbons (Fsp3) is 0.700. The summed E-state index contributed by atoms with van der Waals surface area (Å²) in [7, 11) is 2.12. The lowest BCUT2D eigenvalue weighted by Gasteiger charge is -2.31. The minimum Gasteiger partial charge on any atom is -0.457 e. The lowest BCUT2D eigenvalue weighted by atomic mass is 9.66. The topological polar surface area (TPSA) is 26.3 Å². The average Bonchev–Trinajstić information content (AvgIpc) is 1.80. The first-order valence-corrected chi connectivity index (χ1v) is 4.52. The van der Waals surface area contributed by atoms with Gasteiger partial charge in [-0.15, -0.1) is 0 Å². The van der Waals surface area contributed by atoms with Crippen molar-refractivity contribution in [1.29, 1.82) is 0 Å². The maximum Gasteiger partial charge on any atom is 0.330 e. The summed E-state index contributed by atoms with van der Waals surface area (Å²) in [6, 6.07) is 0. The standard InChI is InChI=1S/C10H19BO2/c1-6-8(12)13-10(4,5)7-9(2,3)11/h6H,1,7,11H2,2-5H3. The Morgan fingerprint density at radius 2 is 1.92 bits per heavy atom. The van der Waals surface area contributed by atoms with Crippen LogP contribution >= 0.6 is 0 Å². The third-order valence-corrected chi connectivity index (χ3v) is 1.50. The molecule has 0 aromatic rings. The summed E-state index contributed by atoms with van der Waals surface area (Å²) in [6.07, 6.45) is 2.03. The van der Waals surface area contributed by atoms with Crippen molar-refractivity contribution < 1.29 is 9.53 Å². The van der Waals surface area contributed by atoms with Gasteiger partial charge in [-0.05, 0) is 20.3 Å². The molecule has 0 saturated carbocycles. The Morgan fingerprint density at radius 3 is 2.23 bits per heavy atom. The molecule has 0 atom stereocenters. The summed E-state index contributed by atoms with van der Waals surface area (Å²) in [5.74, 6) is -0.353. The molecule has 74 valence electrons. The van der Waals surface area contributed by atoms with Crippen LogP contribution in [0.3, 0.4) is 0 Å². The van der Waals surface area contributed by atoms with Crippen molar-refractivity contribution in [2.45, 2.75) is 45.0 Å². The third kappa shape index (κ3) is 6.44. The highest BCUT2D eigenvalue weighted by atomic mass is 16.6. The second kappa shape index (κ2) is 3.99. The summed E-state index contributed by atoms with van der Waals surface area (Å²) in [4.78, 5) is 11.0. The fourth-order valence-electron chi connectivity index (χ4n) is 1.63. The quantitative estimate of drug-likeness (QED) is 0.376. The Morgan fingerprint density at radius 1 is 1.46 bits per heavy atom. The summed E-state index contributed by atoms with van der Waals surface area (Å²) in [5, 5.41) is 0.158. The average molecular weight is 182 g/mol. The number of esters is 1. The molecule has 13 heavy (non-hydrogen) atoms. The van der Waals surface area contributed by atoms with Crippen molar-refractivity contribution in [1.82, 2.24) is 0 Å². The number of carbonyl (C=O) groups is 1. The van der Waals surface area contributed by atoms with Gasteiger partial charge in [0.2, 0.25) is 0 Å². The highest BCUT2D eigenvalue weighted by Gasteiger charge is 2.28. The summed E-state index contributed by atoms with van der Waals surface area (Å²) < 4.78 is 5.21. The SMILES string of the molecule is BC(C)(C)CC(C)(C)OC(=O)C=C. The molecule has 0 saturated heterocycles. The van der Waals surface area contributed by atoms with Crippen LogP contribution < -0.4 is 0 Å². The van der Waals surface area contributed by atoms with E-state index in [0.29, 0.717) is 0 Å². The predicted molar refractivity (Wildman–Crippen MR) is 57.6 cm³/mol. The van der Waals surface area contributed by atoms with Crippen LogP contribution in [0, 0.1) is 0 Å². The van der Waals surface area contributed by atoms with E-state index in [-0.39, 0.29) is 11.3 Å². The van der Waals surface area contributed by atoms with Gasteiger partial charge in [0, 0.05) is 6.08 Å². The van der Waals surface area contributed by atoms with Gasteiger partial charge in [-0.1, -0.05) is 25.7 Å². The van der Waals surface area contributed by atoms with Crippen LogP contribution in [-0.2, 0) is 9.53 Å². The van der Waals surface area contributed by atoms with Gasteiger partial charge in [0.05, 0.1) is 0 Å². The van der Waals surface area contributed by atoms with E-state index in [0.717, 1.165) is 6.42 Å². The summed E-state index contributed by atoms with van der Waals surface area (Å²) >= 11 is 0. The van der Waals surface area contributed by atoms with Crippen LogP contribution in [0.15, 0.2) is 12.7 Å². The number of hydrogen-bond acceptors (Lipinski definition) is 2. The van der Waals surface area contributed by atoms with Gasteiger partial charge in [0.15, 0.2) is 0 Å². The largest absolute Gasteiger partial charge is 0.457 e. The van der Waals surface area contributed by atoms with Crippen LogP contribution in [0.4, 0.5) is 0 Å². The van der Waals surface area contributed by atoms with Gasteiger partial charge in [-0.3, -0.25) is 0 Å². The Balaban J connectivity index is 4.24. The first-order chi connectivity index (χ1) is 5.66. The summed E-state index contributed by atoms with van der Waals surface area (Å²) in [6.45, 7) is 11.4. The molecule has 0 bridgehead atoms. The number of ether oxygens (including phenoxy) is 1. The number of hydrogen-bond donors (Lipinski definition) is 0. The maximum atomic E-state index is 11.0. The van der Waals surface area contributed by atoms with Crippen LogP contribution in [0.25, 0.3) is 0 Å². The zero-order chi connectivity index (χ0) is 10.7. The molecule has 0 aliphatic carbocycles. The highest BCUT2D eigenvalue weighted by molar-refractivity contribution is 6.14. The van der Waals surface area contributed by atoms with Gasteiger partial charge < -0.3 is 4.74 Å². The molecule has 0 aromatic carbocycles. The highest BCUT2D eigenvalue weighted by Crippen LogP contribution is 2.32. The van der Waals surface area contributed by atoms with Crippen molar-refractivity contribution in [2.75, 3.05) is 0 Å². The third-order valence-electron chi connectivity index (χ3n) is 1.50. The van der Waals surface area contributed by atoms with Gasteiger partial charge in [-0.2, -0.15) is 0 Å². The monoisotopic (exact) mass is 182 g/mol. The van der Waals surface area contributed by atoms with Crippen LogP contribution in [0.2, 0.25) is 5.31 Å². The number of carbonyl (C=O) groups excluding carboxylic acids is 1. The predicted octanol–water partition coefficient (Wildman–Crippen LogP) is 1.72. The molecule has 2 nitrogen and oxygen atoms in total. The Hall–Kier alpha value is -0.725. The molecular formula is C10H19BO2. The second-order valence-corrected chi connectivity index (χ2v) is 5.12. The zero-order valence-electron chi connectivity index (χ0n) is 9.31. The minimum absolute atomic E-state index is 0.158. The summed E-state index contributed by atoms with van der Waals surface area (Å²) in [5.41, 5.74) is -0.413. The first kappa shape index (κ1) is 12.3. The van der Waals surface area contributed by atoms with Crippen molar-refractivity contribution in [3.8, 4) is 0 Å². The normalized spacial score (nSPS) is 12.3. The fourth-order valence-corrected chi connectivity index (χ4v) is 1.63. The van der Waals surface area contributed by atoms with Crippen LogP contribution in [-0.4, -0.2) is 19.4 Å². The van der Waals surface area contributed by atoms with Crippen LogP contribution in [0.5, 0.6) is 0 Å². The van der Waals surface area contributed by atoms with Gasteiger partial charge in [0.1, 0.15) is 13.4 Å². The molecular weight excluding hydrogens is 163 g/mol. The molecule has 0 amide bonds. The maximum absolute atomic E-state index is 11.0. The molecule has 3 heteroatoms. The molecule has 0 heterocycles. The van der Waals surface area contributed by atoms with E-state index in [1.54, 1.807) is 0 Å².